The molecule has 0 unspecified atom stereocenters. The number of aromatic nitrogens is 1. The summed E-state index contributed by atoms with van der Waals surface area (Å²) in [6.07, 6.45) is 4.06. The molecule has 1 atom stereocenters. The summed E-state index contributed by atoms with van der Waals surface area (Å²) >= 11 is 0. The molecule has 0 radical (unpaired) electrons. The van der Waals surface area contributed by atoms with Crippen LogP contribution in [-0.4, -0.2) is 35.0 Å². The number of hydrogen-bond donors (Lipinski definition) is 2. The minimum Gasteiger partial charge on any atom is -0.449 e. The van der Waals surface area contributed by atoms with Crippen molar-refractivity contribution in [1.82, 2.24) is 15.6 Å². The maximum absolute atomic E-state index is 12.6. The average Bonchev–Trinajstić information content (AvgIpc) is 2.67. The summed E-state index contributed by atoms with van der Waals surface area (Å²) in [6.45, 7) is 3.23. The van der Waals surface area contributed by atoms with Crippen LogP contribution in [0.15, 0.2) is 30.3 Å². The maximum atomic E-state index is 12.6. The predicted octanol–water partition coefficient (Wildman–Crippen LogP) is 3.25. The van der Waals surface area contributed by atoms with Gasteiger partial charge in [-0.2, -0.15) is 0 Å². The van der Waals surface area contributed by atoms with Crippen molar-refractivity contribution in [1.29, 1.82) is 0 Å². The molecule has 0 saturated heterocycles. The third-order valence-electron chi connectivity index (χ3n) is 4.89. The van der Waals surface area contributed by atoms with Gasteiger partial charge in [-0.15, -0.1) is 0 Å². The molecule has 1 saturated carbocycles. The molecule has 1 aliphatic carbocycles. The molecular formula is C21H25N3O4. The first kappa shape index (κ1) is 19.8. The number of carbonyl (C=O) groups is 3. The van der Waals surface area contributed by atoms with Gasteiger partial charge in [0.15, 0.2) is 6.10 Å². The Labute approximate surface area is 163 Å². The van der Waals surface area contributed by atoms with E-state index in [4.69, 9.17) is 4.74 Å². The fourth-order valence-electron chi connectivity index (χ4n) is 3.44. The first-order valence-electron chi connectivity index (χ1n) is 9.63. The number of rotatable bonds is 4. The van der Waals surface area contributed by atoms with E-state index in [1.807, 2.05) is 18.2 Å². The smallest absolute Gasteiger partial charge is 0.339 e. The van der Waals surface area contributed by atoms with Gasteiger partial charge in [-0.25, -0.2) is 9.59 Å². The number of nitrogens with zero attached hydrogens (tertiary/aromatic N) is 1. The number of nitrogens with one attached hydrogen (secondary N) is 2. The van der Waals surface area contributed by atoms with Crippen LogP contribution in [0.1, 0.15) is 55.1 Å². The number of ether oxygens (including phenoxy) is 1. The molecule has 3 amide bonds. The monoisotopic (exact) mass is 383 g/mol. The predicted molar refractivity (Wildman–Crippen MR) is 105 cm³/mol. The normalized spacial score (nSPS) is 15.6. The molecule has 2 N–H and O–H groups in total. The van der Waals surface area contributed by atoms with Crippen molar-refractivity contribution in [3.8, 4) is 0 Å². The number of urea groups is 1. The van der Waals surface area contributed by atoms with Gasteiger partial charge in [0, 0.05) is 17.1 Å². The molecule has 1 aliphatic rings. The molecule has 1 aromatic heterocycles. The van der Waals surface area contributed by atoms with Crippen LogP contribution in [0.5, 0.6) is 0 Å². The number of fused-ring (bicyclic) bond motifs is 1. The third kappa shape index (κ3) is 4.85. The van der Waals surface area contributed by atoms with Crippen molar-refractivity contribution in [2.45, 2.75) is 58.1 Å². The second-order valence-corrected chi connectivity index (χ2v) is 7.17. The lowest BCUT2D eigenvalue weighted by atomic mass is 9.96. The Morgan fingerprint density at radius 3 is 2.61 bits per heavy atom. The van der Waals surface area contributed by atoms with Crippen LogP contribution >= 0.6 is 0 Å². The van der Waals surface area contributed by atoms with E-state index in [2.05, 4.69) is 15.6 Å². The van der Waals surface area contributed by atoms with E-state index in [1.165, 1.54) is 13.3 Å². The van der Waals surface area contributed by atoms with E-state index in [0.717, 1.165) is 25.7 Å². The lowest BCUT2D eigenvalue weighted by molar-refractivity contribution is -0.127. The van der Waals surface area contributed by atoms with Gasteiger partial charge in [-0.1, -0.05) is 37.5 Å². The summed E-state index contributed by atoms with van der Waals surface area (Å²) in [5, 5.41) is 5.71. The quantitative estimate of drug-likeness (QED) is 0.790. The number of para-hydroxylation sites is 1. The highest BCUT2D eigenvalue weighted by atomic mass is 16.5. The first-order valence-corrected chi connectivity index (χ1v) is 9.63. The van der Waals surface area contributed by atoms with E-state index in [-0.39, 0.29) is 6.04 Å². The number of carbonyl (C=O) groups excluding carboxylic acids is 3. The molecule has 1 aromatic carbocycles. The summed E-state index contributed by atoms with van der Waals surface area (Å²) < 4.78 is 5.29. The number of hydrogen-bond acceptors (Lipinski definition) is 5. The van der Waals surface area contributed by atoms with Gasteiger partial charge in [0.05, 0.1) is 11.1 Å². The SMILES string of the molecule is Cc1cc(C(=O)O[C@H](C)C(=O)NC(=O)NC2CCCCC2)c2ccccc2n1. The molecule has 0 spiro atoms. The van der Waals surface area contributed by atoms with E-state index < -0.39 is 24.0 Å². The number of esters is 1. The summed E-state index contributed by atoms with van der Waals surface area (Å²) in [6, 6.07) is 8.40. The lowest BCUT2D eigenvalue weighted by Crippen LogP contribution is -2.48. The van der Waals surface area contributed by atoms with Crippen molar-refractivity contribution < 1.29 is 19.1 Å². The van der Waals surface area contributed by atoms with Crippen LogP contribution in [0.2, 0.25) is 0 Å². The molecule has 0 bridgehead atoms. The molecule has 1 heterocycles. The molecule has 2 aromatic rings. The summed E-state index contributed by atoms with van der Waals surface area (Å²) in [5.74, 6) is -1.28. The van der Waals surface area contributed by atoms with E-state index in [0.29, 0.717) is 22.2 Å². The van der Waals surface area contributed by atoms with Crippen LogP contribution < -0.4 is 10.6 Å². The van der Waals surface area contributed by atoms with E-state index in [1.54, 1.807) is 19.1 Å². The van der Waals surface area contributed by atoms with Crippen LogP contribution in [0.3, 0.4) is 0 Å². The van der Waals surface area contributed by atoms with Gasteiger partial charge in [0.1, 0.15) is 0 Å². The minimum atomic E-state index is -1.10. The number of aryl methyl sites for hydroxylation is 1. The number of imide groups is 1. The molecule has 3 rings (SSSR count). The molecule has 28 heavy (non-hydrogen) atoms. The highest BCUT2D eigenvalue weighted by molar-refractivity contribution is 6.05. The Bertz CT molecular complexity index is 890. The zero-order chi connectivity index (χ0) is 20.1. The Kier molecular flexibility index (Phi) is 6.23. The van der Waals surface area contributed by atoms with Crippen LogP contribution in [-0.2, 0) is 9.53 Å². The molecule has 1 fully saturated rings. The number of benzene rings is 1. The van der Waals surface area contributed by atoms with Crippen molar-refractivity contribution in [2.24, 2.45) is 0 Å². The number of pyridine rings is 1. The fourth-order valence-corrected chi connectivity index (χ4v) is 3.44. The molecule has 0 aliphatic heterocycles. The average molecular weight is 383 g/mol. The standard InChI is InChI=1S/C21H25N3O4/c1-13-12-17(16-10-6-7-11-18(16)22-13)20(26)28-14(2)19(25)24-21(27)23-15-8-4-3-5-9-15/h6-7,10-12,14-15H,3-5,8-9H2,1-2H3,(H2,23,24,25,27)/t14-/m1/s1. The van der Waals surface area contributed by atoms with Gasteiger partial charge in [-0.05, 0) is 38.8 Å². The van der Waals surface area contributed by atoms with Gasteiger partial charge in [0.2, 0.25) is 0 Å². The van der Waals surface area contributed by atoms with Crippen LogP contribution in [0, 0.1) is 6.92 Å². The van der Waals surface area contributed by atoms with Gasteiger partial charge < -0.3 is 10.1 Å². The molecule has 7 nitrogen and oxygen atoms in total. The van der Waals surface area contributed by atoms with Crippen molar-refractivity contribution in [3.05, 3.63) is 41.6 Å². The maximum Gasteiger partial charge on any atom is 0.339 e. The Hall–Kier alpha value is -2.96. The van der Waals surface area contributed by atoms with E-state index >= 15 is 0 Å². The Morgan fingerprint density at radius 1 is 1.14 bits per heavy atom. The van der Waals surface area contributed by atoms with E-state index in [9.17, 15) is 14.4 Å². The van der Waals surface area contributed by atoms with Gasteiger partial charge in [-0.3, -0.25) is 15.1 Å². The topological polar surface area (TPSA) is 97.4 Å². The Morgan fingerprint density at radius 2 is 1.86 bits per heavy atom. The highest BCUT2D eigenvalue weighted by Gasteiger charge is 2.23. The van der Waals surface area contributed by atoms with Crippen molar-refractivity contribution in [3.63, 3.8) is 0 Å². The van der Waals surface area contributed by atoms with Gasteiger partial charge >= 0.3 is 12.0 Å². The summed E-state index contributed by atoms with van der Waals surface area (Å²) in [4.78, 5) is 41.2. The largest absolute Gasteiger partial charge is 0.449 e. The summed E-state index contributed by atoms with van der Waals surface area (Å²) in [5.41, 5.74) is 1.70. The first-order chi connectivity index (χ1) is 13.4. The number of amides is 3. The van der Waals surface area contributed by atoms with Gasteiger partial charge in [0.25, 0.3) is 5.91 Å². The van der Waals surface area contributed by atoms with Crippen molar-refractivity contribution in [2.75, 3.05) is 0 Å². The Balaban J connectivity index is 1.61. The van der Waals surface area contributed by atoms with Crippen LogP contribution in [0.25, 0.3) is 10.9 Å². The second kappa shape index (κ2) is 8.82. The zero-order valence-corrected chi connectivity index (χ0v) is 16.2. The lowest BCUT2D eigenvalue weighted by Gasteiger charge is -2.23. The van der Waals surface area contributed by atoms with Crippen molar-refractivity contribution >= 4 is 28.8 Å². The minimum absolute atomic E-state index is 0.0885. The molecule has 148 valence electrons. The zero-order valence-electron chi connectivity index (χ0n) is 16.2. The second-order valence-electron chi connectivity index (χ2n) is 7.17. The summed E-state index contributed by atoms with van der Waals surface area (Å²) in [7, 11) is 0. The fraction of sp³-hybridized carbons (Fsp3) is 0.429. The molecule has 7 heteroatoms. The highest BCUT2D eigenvalue weighted by Crippen LogP contribution is 2.20. The third-order valence-corrected chi connectivity index (χ3v) is 4.89. The van der Waals surface area contributed by atoms with Crippen LogP contribution in [0.4, 0.5) is 4.79 Å². The molecular weight excluding hydrogens is 358 g/mol.